The predicted octanol–water partition coefficient (Wildman–Crippen LogP) is 3.97. The number of hydrogen-bond donors (Lipinski definition) is 0. The zero-order valence-electron chi connectivity index (χ0n) is 17.1. The number of nitrogens with zero attached hydrogens (tertiary/aromatic N) is 3. The van der Waals surface area contributed by atoms with Crippen molar-refractivity contribution in [3.05, 3.63) is 65.5 Å². The van der Waals surface area contributed by atoms with Gasteiger partial charge < -0.3 is 9.26 Å². The molecule has 0 radical (unpaired) electrons. The number of hydrogen-bond acceptors (Lipinski definition) is 6. The third kappa shape index (κ3) is 4.39. The van der Waals surface area contributed by atoms with Crippen LogP contribution in [0.15, 0.2) is 53.1 Å². The molecule has 4 rings (SSSR count). The van der Waals surface area contributed by atoms with Gasteiger partial charge in [0.25, 0.3) is 0 Å². The van der Waals surface area contributed by atoms with E-state index in [1.807, 2.05) is 49.4 Å². The summed E-state index contributed by atoms with van der Waals surface area (Å²) in [5.74, 6) is 1.46. The first kappa shape index (κ1) is 20.6. The number of rotatable bonds is 7. The molecule has 0 spiro atoms. The van der Waals surface area contributed by atoms with E-state index in [-0.39, 0.29) is 18.5 Å². The average molecular weight is 428 g/mol. The van der Waals surface area contributed by atoms with Crippen molar-refractivity contribution in [3.63, 3.8) is 0 Å². The summed E-state index contributed by atoms with van der Waals surface area (Å²) < 4.78 is 37.6. The molecule has 0 saturated carbocycles. The molecule has 1 heterocycles. The highest BCUT2D eigenvalue weighted by Crippen LogP contribution is 2.36. The van der Waals surface area contributed by atoms with E-state index in [1.54, 1.807) is 0 Å². The minimum Gasteiger partial charge on any atom is -0.494 e. The third-order valence-electron chi connectivity index (χ3n) is 5.29. The number of fused-ring (bicyclic) bond motifs is 1. The lowest BCUT2D eigenvalue weighted by molar-refractivity contribution is 0.251. The van der Waals surface area contributed by atoms with Gasteiger partial charge >= 0.3 is 0 Å². The van der Waals surface area contributed by atoms with Crippen LogP contribution in [-0.2, 0) is 23.0 Å². The zero-order valence-corrected chi connectivity index (χ0v) is 17.9. The average Bonchev–Trinajstić information content (AvgIpc) is 3.20. The Bertz CT molecular complexity index is 1110. The predicted molar refractivity (Wildman–Crippen MR) is 113 cm³/mol. The summed E-state index contributed by atoms with van der Waals surface area (Å²) in [4.78, 5) is 4.44. The lowest BCUT2D eigenvalue weighted by Gasteiger charge is -2.33. The van der Waals surface area contributed by atoms with Crippen LogP contribution in [0.2, 0.25) is 0 Å². The molecule has 1 aliphatic rings. The van der Waals surface area contributed by atoms with Crippen LogP contribution < -0.4 is 4.74 Å². The Morgan fingerprint density at radius 2 is 1.93 bits per heavy atom. The Kier molecular flexibility index (Phi) is 5.87. The van der Waals surface area contributed by atoms with Gasteiger partial charge in [-0.05, 0) is 61.6 Å². The third-order valence-corrected chi connectivity index (χ3v) is 6.53. The maximum Gasteiger partial charge on any atom is 0.242 e. The van der Waals surface area contributed by atoms with Crippen molar-refractivity contribution >= 4 is 10.0 Å². The van der Waals surface area contributed by atoms with E-state index in [2.05, 4.69) is 16.2 Å². The van der Waals surface area contributed by atoms with Crippen molar-refractivity contribution in [2.75, 3.05) is 12.9 Å². The van der Waals surface area contributed by atoms with Gasteiger partial charge in [-0.15, -0.1) is 0 Å². The molecule has 0 N–H and O–H groups in total. The fraction of sp³-hybridized carbons (Fsp3) is 0.364. The standard InChI is InChI=1S/C22H25N3O4S/c1-3-28-18-13-11-17(12-14-18)22-23-21(29-24-22)15-25(30(2,26)27)20-10-6-8-16-7-4-5-9-19(16)20/h4-5,7,9,11-14,20H,3,6,8,10,15H2,1-2H3. The van der Waals surface area contributed by atoms with Crippen LogP contribution in [0.3, 0.4) is 0 Å². The molecule has 0 bridgehead atoms. The van der Waals surface area contributed by atoms with E-state index in [4.69, 9.17) is 9.26 Å². The quantitative estimate of drug-likeness (QED) is 0.567. The van der Waals surface area contributed by atoms with Crippen molar-refractivity contribution < 1.29 is 17.7 Å². The van der Waals surface area contributed by atoms with Crippen molar-refractivity contribution in [2.45, 2.75) is 38.8 Å². The van der Waals surface area contributed by atoms with E-state index in [0.29, 0.717) is 12.4 Å². The first-order chi connectivity index (χ1) is 14.5. The molecule has 1 aliphatic carbocycles. The summed E-state index contributed by atoms with van der Waals surface area (Å²) >= 11 is 0. The largest absolute Gasteiger partial charge is 0.494 e. The van der Waals surface area contributed by atoms with Crippen molar-refractivity contribution in [1.29, 1.82) is 0 Å². The second-order valence-electron chi connectivity index (χ2n) is 7.38. The van der Waals surface area contributed by atoms with Gasteiger partial charge in [0.2, 0.25) is 21.7 Å². The Labute approximate surface area is 176 Å². The molecule has 2 aromatic carbocycles. The monoisotopic (exact) mass is 427 g/mol. The second kappa shape index (κ2) is 8.57. The summed E-state index contributed by atoms with van der Waals surface area (Å²) in [5, 5.41) is 4.04. The fourth-order valence-electron chi connectivity index (χ4n) is 3.92. The Balaban J connectivity index is 1.59. The van der Waals surface area contributed by atoms with Gasteiger partial charge in [0, 0.05) is 5.56 Å². The highest BCUT2D eigenvalue weighted by molar-refractivity contribution is 7.88. The molecule has 1 atom stereocenters. The van der Waals surface area contributed by atoms with E-state index in [0.717, 1.165) is 36.1 Å². The van der Waals surface area contributed by atoms with Crippen molar-refractivity contribution in [2.24, 2.45) is 0 Å². The van der Waals surface area contributed by atoms with Gasteiger partial charge in [0.1, 0.15) is 5.75 Å². The molecule has 158 valence electrons. The number of aromatic nitrogens is 2. The number of benzene rings is 2. The van der Waals surface area contributed by atoms with E-state index < -0.39 is 10.0 Å². The smallest absolute Gasteiger partial charge is 0.242 e. The van der Waals surface area contributed by atoms with Crippen molar-refractivity contribution in [1.82, 2.24) is 14.4 Å². The maximum atomic E-state index is 12.6. The molecule has 0 saturated heterocycles. The summed E-state index contributed by atoms with van der Waals surface area (Å²) in [6, 6.07) is 15.2. The first-order valence-corrected chi connectivity index (χ1v) is 11.9. The minimum absolute atomic E-state index is 0.0435. The molecule has 7 nitrogen and oxygen atoms in total. The minimum atomic E-state index is -3.48. The lowest BCUT2D eigenvalue weighted by Crippen LogP contribution is -2.35. The van der Waals surface area contributed by atoms with Gasteiger partial charge in [-0.2, -0.15) is 9.29 Å². The maximum absolute atomic E-state index is 12.6. The molecular formula is C22H25N3O4S. The van der Waals surface area contributed by atoms with Gasteiger partial charge in [-0.1, -0.05) is 29.4 Å². The summed E-state index contributed by atoms with van der Waals surface area (Å²) in [6.07, 6.45) is 3.90. The number of ether oxygens (including phenoxy) is 1. The molecular weight excluding hydrogens is 402 g/mol. The lowest BCUT2D eigenvalue weighted by atomic mass is 9.88. The Morgan fingerprint density at radius 3 is 2.67 bits per heavy atom. The topological polar surface area (TPSA) is 85.5 Å². The number of aryl methyl sites for hydroxylation is 1. The van der Waals surface area contributed by atoms with Crippen LogP contribution in [0.1, 0.15) is 42.8 Å². The van der Waals surface area contributed by atoms with Gasteiger partial charge in [0.15, 0.2) is 0 Å². The summed E-state index contributed by atoms with van der Waals surface area (Å²) in [7, 11) is -3.48. The van der Waals surface area contributed by atoms with Crippen LogP contribution in [-0.4, -0.2) is 35.7 Å². The summed E-state index contributed by atoms with van der Waals surface area (Å²) in [6.45, 7) is 2.57. The molecule has 30 heavy (non-hydrogen) atoms. The van der Waals surface area contributed by atoms with E-state index in [1.165, 1.54) is 16.1 Å². The van der Waals surface area contributed by atoms with Gasteiger partial charge in [-0.3, -0.25) is 0 Å². The highest BCUT2D eigenvalue weighted by Gasteiger charge is 2.33. The van der Waals surface area contributed by atoms with Crippen LogP contribution in [0, 0.1) is 0 Å². The molecule has 3 aromatic rings. The number of sulfonamides is 1. The molecule has 0 fully saturated rings. The summed E-state index contributed by atoms with van der Waals surface area (Å²) in [5.41, 5.74) is 3.03. The molecule has 1 aromatic heterocycles. The van der Waals surface area contributed by atoms with Gasteiger partial charge in [-0.25, -0.2) is 8.42 Å². The van der Waals surface area contributed by atoms with Crippen LogP contribution in [0.4, 0.5) is 0 Å². The van der Waals surface area contributed by atoms with Crippen molar-refractivity contribution in [3.8, 4) is 17.1 Å². The van der Waals surface area contributed by atoms with E-state index >= 15 is 0 Å². The molecule has 8 heteroatoms. The Hall–Kier alpha value is -2.71. The second-order valence-corrected chi connectivity index (χ2v) is 9.32. The Morgan fingerprint density at radius 1 is 1.17 bits per heavy atom. The van der Waals surface area contributed by atoms with E-state index in [9.17, 15) is 8.42 Å². The SMILES string of the molecule is CCOc1ccc(-c2noc(CN(C3CCCc4ccccc43)S(C)(=O)=O)n2)cc1. The van der Waals surface area contributed by atoms with Crippen LogP contribution in [0.5, 0.6) is 5.75 Å². The molecule has 1 unspecified atom stereocenters. The fourth-order valence-corrected chi connectivity index (χ4v) is 4.95. The highest BCUT2D eigenvalue weighted by atomic mass is 32.2. The zero-order chi connectivity index (χ0) is 21.1. The normalized spacial score (nSPS) is 16.4. The van der Waals surface area contributed by atoms with Crippen LogP contribution in [0.25, 0.3) is 11.4 Å². The molecule has 0 aliphatic heterocycles. The van der Waals surface area contributed by atoms with Gasteiger partial charge in [0.05, 0.1) is 25.4 Å². The first-order valence-electron chi connectivity index (χ1n) is 10.1. The van der Waals surface area contributed by atoms with Crippen LogP contribution >= 0.6 is 0 Å². The molecule has 0 amide bonds.